The van der Waals surface area contributed by atoms with Gasteiger partial charge in [0, 0.05) is 23.6 Å². The summed E-state index contributed by atoms with van der Waals surface area (Å²) in [6.45, 7) is 0.134. The summed E-state index contributed by atoms with van der Waals surface area (Å²) in [5, 5.41) is 3.58. The molecule has 0 radical (unpaired) electrons. The molecule has 0 bridgehead atoms. The Morgan fingerprint density at radius 1 is 0.964 bits per heavy atom. The lowest BCUT2D eigenvalue weighted by atomic mass is 10.1. The van der Waals surface area contributed by atoms with E-state index in [-0.39, 0.29) is 24.4 Å². The molecule has 0 atom stereocenters. The maximum Gasteiger partial charge on any atom is 0.253 e. The molecular formula is C21H22N2O5. The van der Waals surface area contributed by atoms with Crippen LogP contribution in [-0.2, 0) is 17.8 Å². The first-order chi connectivity index (χ1) is 13.5. The molecule has 0 saturated heterocycles. The van der Waals surface area contributed by atoms with E-state index in [2.05, 4.69) is 10.3 Å². The smallest absolute Gasteiger partial charge is 0.253 e. The van der Waals surface area contributed by atoms with E-state index in [9.17, 15) is 9.59 Å². The van der Waals surface area contributed by atoms with Crippen LogP contribution in [0.5, 0.6) is 17.2 Å². The first-order valence-corrected chi connectivity index (χ1v) is 8.71. The second-order valence-electron chi connectivity index (χ2n) is 6.22. The van der Waals surface area contributed by atoms with Gasteiger partial charge in [0.25, 0.3) is 5.56 Å². The van der Waals surface area contributed by atoms with Crippen molar-refractivity contribution in [3.05, 3.63) is 63.9 Å². The second kappa shape index (κ2) is 8.47. The molecule has 2 aromatic carbocycles. The molecule has 0 unspecified atom stereocenters. The standard InChI is InChI=1S/C21H22N2O5/c1-26-16-6-4-13(5-7-16)8-20(24)22-12-15-9-14-10-18(27-2)19(28-3)11-17(14)23-21(15)25/h4-7,9-11H,8,12H2,1-3H3,(H,22,24)(H,23,25). The van der Waals surface area contributed by atoms with Crippen molar-refractivity contribution >= 4 is 16.8 Å². The third-order valence-corrected chi connectivity index (χ3v) is 4.43. The molecule has 3 rings (SSSR count). The number of hydrogen-bond donors (Lipinski definition) is 2. The van der Waals surface area contributed by atoms with Crippen LogP contribution in [0.3, 0.4) is 0 Å². The van der Waals surface area contributed by atoms with Gasteiger partial charge >= 0.3 is 0 Å². The van der Waals surface area contributed by atoms with Gasteiger partial charge in [0.1, 0.15) is 5.75 Å². The van der Waals surface area contributed by atoms with Gasteiger partial charge in [0.2, 0.25) is 5.91 Å². The molecule has 0 saturated carbocycles. The van der Waals surface area contributed by atoms with Crippen LogP contribution < -0.4 is 25.1 Å². The Balaban J connectivity index is 1.73. The number of amides is 1. The van der Waals surface area contributed by atoms with Gasteiger partial charge in [0.15, 0.2) is 11.5 Å². The van der Waals surface area contributed by atoms with Crippen molar-refractivity contribution in [1.29, 1.82) is 0 Å². The normalized spacial score (nSPS) is 10.5. The number of methoxy groups -OCH3 is 3. The first kappa shape index (κ1) is 19.3. The average Bonchev–Trinajstić information content (AvgIpc) is 2.71. The highest BCUT2D eigenvalue weighted by Crippen LogP contribution is 2.31. The molecule has 1 heterocycles. The summed E-state index contributed by atoms with van der Waals surface area (Å²) in [6.07, 6.45) is 0.223. The summed E-state index contributed by atoms with van der Waals surface area (Å²) in [7, 11) is 4.68. The number of H-pyrrole nitrogens is 1. The van der Waals surface area contributed by atoms with E-state index in [4.69, 9.17) is 14.2 Å². The number of carbonyl (C=O) groups excluding carboxylic acids is 1. The molecule has 0 spiro atoms. The van der Waals surface area contributed by atoms with E-state index in [1.54, 1.807) is 44.6 Å². The Labute approximate surface area is 162 Å². The molecule has 0 fully saturated rings. The Morgan fingerprint density at radius 3 is 2.29 bits per heavy atom. The summed E-state index contributed by atoms with van der Waals surface area (Å²) in [6, 6.07) is 12.5. The predicted octanol–water partition coefficient (Wildman–Crippen LogP) is 2.41. The summed E-state index contributed by atoms with van der Waals surface area (Å²) in [5.41, 5.74) is 1.70. The molecule has 1 amide bonds. The summed E-state index contributed by atoms with van der Waals surface area (Å²) < 4.78 is 15.7. The van der Waals surface area contributed by atoms with Crippen LogP contribution in [0, 0.1) is 0 Å². The monoisotopic (exact) mass is 382 g/mol. The summed E-state index contributed by atoms with van der Waals surface area (Å²) >= 11 is 0. The topological polar surface area (TPSA) is 89.7 Å². The number of hydrogen-bond acceptors (Lipinski definition) is 5. The van der Waals surface area contributed by atoms with Gasteiger partial charge in [0.05, 0.1) is 33.3 Å². The zero-order chi connectivity index (χ0) is 20.1. The van der Waals surface area contributed by atoms with Crippen molar-refractivity contribution < 1.29 is 19.0 Å². The van der Waals surface area contributed by atoms with Gasteiger partial charge in [-0.15, -0.1) is 0 Å². The fourth-order valence-electron chi connectivity index (χ4n) is 2.89. The maximum atomic E-state index is 12.3. The van der Waals surface area contributed by atoms with E-state index in [1.807, 2.05) is 12.1 Å². The molecule has 7 heteroatoms. The molecule has 0 aliphatic heterocycles. The van der Waals surface area contributed by atoms with Gasteiger partial charge in [-0.1, -0.05) is 12.1 Å². The Kier molecular flexibility index (Phi) is 5.84. The van der Waals surface area contributed by atoms with Crippen LogP contribution in [0.2, 0.25) is 0 Å². The van der Waals surface area contributed by atoms with Gasteiger partial charge in [-0.25, -0.2) is 0 Å². The van der Waals surface area contributed by atoms with Crippen molar-refractivity contribution in [2.24, 2.45) is 0 Å². The molecule has 146 valence electrons. The average molecular weight is 382 g/mol. The third kappa shape index (κ3) is 4.25. The van der Waals surface area contributed by atoms with E-state index in [1.165, 1.54) is 7.11 Å². The lowest BCUT2D eigenvalue weighted by Crippen LogP contribution is -2.27. The van der Waals surface area contributed by atoms with Gasteiger partial charge in [-0.3, -0.25) is 9.59 Å². The molecule has 1 aromatic heterocycles. The lowest BCUT2D eigenvalue weighted by Gasteiger charge is -2.10. The van der Waals surface area contributed by atoms with Crippen LogP contribution in [0.25, 0.3) is 10.9 Å². The largest absolute Gasteiger partial charge is 0.497 e. The SMILES string of the molecule is COc1ccc(CC(=O)NCc2cc3cc(OC)c(OC)cc3[nH]c2=O)cc1. The van der Waals surface area contributed by atoms with E-state index < -0.39 is 0 Å². The van der Waals surface area contributed by atoms with Crippen LogP contribution >= 0.6 is 0 Å². The predicted molar refractivity (Wildman–Crippen MR) is 106 cm³/mol. The highest BCUT2D eigenvalue weighted by atomic mass is 16.5. The highest BCUT2D eigenvalue weighted by molar-refractivity contribution is 5.83. The minimum Gasteiger partial charge on any atom is -0.497 e. The number of carbonyl (C=O) groups is 1. The van der Waals surface area contributed by atoms with Crippen molar-refractivity contribution in [3.8, 4) is 17.2 Å². The highest BCUT2D eigenvalue weighted by Gasteiger charge is 2.10. The van der Waals surface area contributed by atoms with Crippen molar-refractivity contribution in [1.82, 2.24) is 10.3 Å². The zero-order valence-electron chi connectivity index (χ0n) is 16.0. The van der Waals surface area contributed by atoms with Gasteiger partial charge in [-0.2, -0.15) is 0 Å². The van der Waals surface area contributed by atoms with Crippen LogP contribution in [0.1, 0.15) is 11.1 Å². The van der Waals surface area contributed by atoms with Crippen molar-refractivity contribution in [3.63, 3.8) is 0 Å². The van der Waals surface area contributed by atoms with Gasteiger partial charge < -0.3 is 24.5 Å². The molecular weight excluding hydrogens is 360 g/mol. The van der Waals surface area contributed by atoms with Crippen molar-refractivity contribution in [2.45, 2.75) is 13.0 Å². The number of aromatic amines is 1. The summed E-state index contributed by atoms with van der Waals surface area (Å²) in [5.74, 6) is 1.67. The number of aromatic nitrogens is 1. The van der Waals surface area contributed by atoms with Crippen LogP contribution in [0.4, 0.5) is 0 Å². The fraction of sp³-hybridized carbons (Fsp3) is 0.238. The van der Waals surface area contributed by atoms with Crippen LogP contribution in [0.15, 0.2) is 47.3 Å². The Hall–Kier alpha value is -3.48. The van der Waals surface area contributed by atoms with E-state index in [0.29, 0.717) is 22.6 Å². The second-order valence-corrected chi connectivity index (χ2v) is 6.22. The van der Waals surface area contributed by atoms with E-state index in [0.717, 1.165) is 16.7 Å². The molecule has 7 nitrogen and oxygen atoms in total. The number of ether oxygens (including phenoxy) is 3. The minimum absolute atomic E-state index is 0.134. The first-order valence-electron chi connectivity index (χ1n) is 8.71. The molecule has 0 aliphatic rings. The van der Waals surface area contributed by atoms with Gasteiger partial charge in [-0.05, 0) is 29.8 Å². The van der Waals surface area contributed by atoms with E-state index >= 15 is 0 Å². The molecule has 2 N–H and O–H groups in total. The molecule has 0 aliphatic carbocycles. The zero-order valence-corrected chi connectivity index (χ0v) is 16.0. The number of pyridine rings is 1. The number of benzene rings is 2. The maximum absolute atomic E-state index is 12.3. The molecule has 3 aromatic rings. The third-order valence-electron chi connectivity index (χ3n) is 4.43. The van der Waals surface area contributed by atoms with Crippen LogP contribution in [-0.4, -0.2) is 32.2 Å². The Bertz CT molecular complexity index is 1040. The fourth-order valence-corrected chi connectivity index (χ4v) is 2.89. The molecule has 28 heavy (non-hydrogen) atoms. The number of nitrogens with one attached hydrogen (secondary N) is 2. The quantitative estimate of drug-likeness (QED) is 0.655. The minimum atomic E-state index is -0.260. The number of fused-ring (bicyclic) bond motifs is 1. The summed E-state index contributed by atoms with van der Waals surface area (Å²) in [4.78, 5) is 27.4. The van der Waals surface area contributed by atoms with Crippen molar-refractivity contribution in [2.75, 3.05) is 21.3 Å². The Morgan fingerprint density at radius 2 is 1.64 bits per heavy atom. The number of rotatable bonds is 7. The lowest BCUT2D eigenvalue weighted by molar-refractivity contribution is -0.120.